The largest absolute Gasteiger partial charge is 0.286 e. The Bertz CT molecular complexity index is 205. The molecule has 11 heavy (non-hydrogen) atoms. The standard InChI is InChI=1S/C7H17O2PS/c1-4-5-6-7(8)11(2,3,9)10/h4-6,10H2,1-3H3. The Morgan fingerprint density at radius 3 is 2.18 bits per heavy atom. The van der Waals surface area contributed by atoms with E-state index in [9.17, 15) is 9.00 Å². The third-order valence-corrected chi connectivity index (χ3v) is 3.77. The Morgan fingerprint density at radius 1 is 1.45 bits per heavy atom. The zero-order valence-electron chi connectivity index (χ0n) is 7.42. The molecule has 1 unspecified atom stereocenters. The molecule has 0 aliphatic carbocycles. The molecule has 0 aliphatic heterocycles. The minimum atomic E-state index is -3.00. The second kappa shape index (κ2) is 3.32. The van der Waals surface area contributed by atoms with E-state index in [1.165, 1.54) is 12.5 Å². The average molecular weight is 196 g/mol. The van der Waals surface area contributed by atoms with Crippen molar-refractivity contribution in [3.8, 4) is 0 Å². The van der Waals surface area contributed by atoms with Gasteiger partial charge in [-0.1, -0.05) is 21.8 Å². The van der Waals surface area contributed by atoms with Gasteiger partial charge in [0, 0.05) is 18.9 Å². The topological polar surface area (TPSA) is 34.1 Å². The van der Waals surface area contributed by atoms with Crippen molar-refractivity contribution < 1.29 is 9.00 Å². The van der Waals surface area contributed by atoms with E-state index in [2.05, 4.69) is 8.44 Å². The monoisotopic (exact) mass is 196 g/mol. The minimum Gasteiger partial charge on any atom is -0.286 e. The normalized spacial score (nSPS) is 15.5. The smallest absolute Gasteiger partial charge is 0.200 e. The Hall–Kier alpha value is 0.250. The van der Waals surface area contributed by atoms with Crippen molar-refractivity contribution in [2.75, 3.05) is 12.5 Å². The van der Waals surface area contributed by atoms with Crippen LogP contribution < -0.4 is 0 Å². The highest BCUT2D eigenvalue weighted by molar-refractivity contribution is 8.64. The van der Waals surface area contributed by atoms with Gasteiger partial charge < -0.3 is 0 Å². The first kappa shape index (κ1) is 11.2. The van der Waals surface area contributed by atoms with Crippen LogP contribution in [0, 0.1) is 0 Å². The molecule has 0 radical (unpaired) electrons. The number of carbonyl (C=O) groups is 1. The van der Waals surface area contributed by atoms with Crippen LogP contribution in [0.1, 0.15) is 26.2 Å². The first-order valence-electron chi connectivity index (χ1n) is 3.69. The van der Waals surface area contributed by atoms with Crippen LogP contribution in [0.2, 0.25) is 0 Å². The highest BCUT2D eigenvalue weighted by Gasteiger charge is 2.27. The van der Waals surface area contributed by atoms with Gasteiger partial charge in [0.1, 0.15) is 0 Å². The van der Waals surface area contributed by atoms with Crippen molar-refractivity contribution in [3.05, 3.63) is 0 Å². The van der Waals surface area contributed by atoms with Crippen LogP contribution in [0.3, 0.4) is 0 Å². The molecule has 0 saturated heterocycles. The summed E-state index contributed by atoms with van der Waals surface area (Å²) >= 11 is 0. The maximum absolute atomic E-state index is 11.6. The lowest BCUT2D eigenvalue weighted by atomic mass is 10.3. The molecule has 68 valence electrons. The highest BCUT2D eigenvalue weighted by Crippen LogP contribution is 2.29. The minimum absolute atomic E-state index is 0.117. The Balaban J connectivity index is 4.17. The maximum Gasteiger partial charge on any atom is 0.200 e. The van der Waals surface area contributed by atoms with Gasteiger partial charge in [-0.2, -0.15) is 0 Å². The molecule has 0 aromatic carbocycles. The molecule has 0 aromatic heterocycles. The maximum atomic E-state index is 11.6. The van der Waals surface area contributed by atoms with E-state index in [0.717, 1.165) is 12.8 Å². The van der Waals surface area contributed by atoms with Gasteiger partial charge in [0.25, 0.3) is 0 Å². The van der Waals surface area contributed by atoms with E-state index in [1.807, 2.05) is 6.92 Å². The fraction of sp³-hybridized carbons (Fsp3) is 0.857. The first-order valence-corrected chi connectivity index (χ1v) is 7.95. The van der Waals surface area contributed by atoms with Crippen LogP contribution in [0.15, 0.2) is 0 Å². The van der Waals surface area contributed by atoms with E-state index < -0.39 is 8.69 Å². The molecule has 0 N–H and O–H groups in total. The molecule has 0 heterocycles. The third-order valence-electron chi connectivity index (χ3n) is 1.41. The molecular weight excluding hydrogens is 179 g/mol. The molecule has 0 aliphatic rings. The molecule has 0 spiro atoms. The van der Waals surface area contributed by atoms with Crippen LogP contribution in [0.4, 0.5) is 0 Å². The van der Waals surface area contributed by atoms with E-state index in [0.29, 0.717) is 6.42 Å². The van der Waals surface area contributed by atoms with Gasteiger partial charge in [-0.15, -0.1) is 0 Å². The quantitative estimate of drug-likeness (QED) is 0.642. The van der Waals surface area contributed by atoms with Crippen LogP contribution >= 0.6 is 8.44 Å². The van der Waals surface area contributed by atoms with Gasteiger partial charge in [-0.3, -0.25) is 9.00 Å². The SMILES string of the molecule is CCCCC(=O)S(C)(C)(=O)P. The highest BCUT2D eigenvalue weighted by atomic mass is 32.8. The second-order valence-corrected chi connectivity index (χ2v) is 11.8. The van der Waals surface area contributed by atoms with Gasteiger partial charge in [0.2, 0.25) is 5.12 Å². The zero-order chi connectivity index (χ0) is 9.15. The number of hydrogen-bond donors (Lipinski definition) is 0. The van der Waals surface area contributed by atoms with Crippen LogP contribution in [-0.4, -0.2) is 21.8 Å². The van der Waals surface area contributed by atoms with Gasteiger partial charge in [0.05, 0.1) is 0 Å². The van der Waals surface area contributed by atoms with Crippen molar-refractivity contribution in [1.82, 2.24) is 0 Å². The summed E-state index contributed by atoms with van der Waals surface area (Å²) in [4.78, 5) is 11.3. The zero-order valence-corrected chi connectivity index (χ0v) is 9.39. The lowest BCUT2D eigenvalue weighted by Gasteiger charge is -2.25. The van der Waals surface area contributed by atoms with Crippen molar-refractivity contribution in [2.45, 2.75) is 26.2 Å². The molecule has 0 rings (SSSR count). The summed E-state index contributed by atoms with van der Waals surface area (Å²) in [7, 11) is -0.809. The molecule has 0 fully saturated rings. The predicted molar refractivity (Wildman–Crippen MR) is 54.2 cm³/mol. The lowest BCUT2D eigenvalue weighted by molar-refractivity contribution is -0.111. The van der Waals surface area contributed by atoms with E-state index in [4.69, 9.17) is 0 Å². The van der Waals surface area contributed by atoms with Crippen molar-refractivity contribution in [3.63, 3.8) is 0 Å². The molecule has 2 nitrogen and oxygen atoms in total. The lowest BCUT2D eigenvalue weighted by Crippen LogP contribution is -2.30. The number of rotatable bonds is 3. The van der Waals surface area contributed by atoms with Gasteiger partial charge in [-0.25, -0.2) is 0 Å². The Kier molecular flexibility index (Phi) is 3.40. The van der Waals surface area contributed by atoms with E-state index in [1.54, 1.807) is 0 Å². The molecule has 4 heteroatoms. The Morgan fingerprint density at radius 2 is 1.91 bits per heavy atom. The number of hydrogen-bond acceptors (Lipinski definition) is 2. The predicted octanol–water partition coefficient (Wildman–Crippen LogP) is 1.57. The third kappa shape index (κ3) is 4.65. The van der Waals surface area contributed by atoms with Crippen molar-refractivity contribution >= 4 is 22.2 Å². The first-order chi connectivity index (χ1) is 4.74. The second-order valence-electron chi connectivity index (χ2n) is 3.39. The fourth-order valence-corrected chi connectivity index (χ4v) is 1.73. The average Bonchev–Trinajstić information content (AvgIpc) is 1.78. The molecule has 0 saturated carbocycles. The molecule has 1 atom stereocenters. The van der Waals surface area contributed by atoms with Crippen molar-refractivity contribution in [1.29, 1.82) is 0 Å². The number of carbonyl (C=O) groups excluding carboxylic acids is 1. The number of unbranched alkanes of at least 4 members (excludes halogenated alkanes) is 1. The van der Waals surface area contributed by atoms with Crippen LogP contribution in [0.25, 0.3) is 0 Å². The summed E-state index contributed by atoms with van der Waals surface area (Å²) < 4.78 is 11.6. The van der Waals surface area contributed by atoms with Crippen LogP contribution in [-0.2, 0) is 13.5 Å². The molecule has 0 bridgehead atoms. The summed E-state index contributed by atoms with van der Waals surface area (Å²) in [6.45, 7) is 2.01. The van der Waals surface area contributed by atoms with E-state index >= 15 is 0 Å². The van der Waals surface area contributed by atoms with Gasteiger partial charge in [-0.05, 0) is 15.1 Å². The molecule has 0 aromatic rings. The summed E-state index contributed by atoms with van der Waals surface area (Å²) in [6, 6.07) is 0. The Labute approximate surface area is 70.5 Å². The summed E-state index contributed by atoms with van der Waals surface area (Å²) in [5.41, 5.74) is 0. The van der Waals surface area contributed by atoms with Gasteiger partial charge in [0.15, 0.2) is 0 Å². The van der Waals surface area contributed by atoms with Crippen LogP contribution in [0.5, 0.6) is 0 Å². The molecule has 0 amide bonds. The summed E-state index contributed by atoms with van der Waals surface area (Å²) in [5.74, 6) is 0. The van der Waals surface area contributed by atoms with Crippen molar-refractivity contribution in [2.24, 2.45) is 0 Å². The molecular formula is C7H17O2PS. The summed E-state index contributed by atoms with van der Waals surface area (Å²) in [6.07, 6.45) is 5.28. The van der Waals surface area contributed by atoms with Gasteiger partial charge >= 0.3 is 0 Å². The fourth-order valence-electron chi connectivity index (χ4n) is 0.626. The summed E-state index contributed by atoms with van der Waals surface area (Å²) in [5, 5.41) is -0.117. The van der Waals surface area contributed by atoms with E-state index in [-0.39, 0.29) is 5.12 Å².